The number of aromatic nitrogens is 2. The van der Waals surface area contributed by atoms with Gasteiger partial charge in [-0.15, -0.1) is 5.10 Å². The molecule has 0 aliphatic heterocycles. The van der Waals surface area contributed by atoms with Crippen LogP contribution in [0.4, 0.5) is 5.69 Å². The fourth-order valence-corrected chi connectivity index (χ4v) is 1.58. The van der Waals surface area contributed by atoms with Gasteiger partial charge in [0.1, 0.15) is 0 Å². The van der Waals surface area contributed by atoms with Crippen LogP contribution >= 0.6 is 0 Å². The van der Waals surface area contributed by atoms with Gasteiger partial charge >= 0.3 is 0 Å². The molecule has 0 unspecified atom stereocenters. The zero-order chi connectivity index (χ0) is 11.7. The zero-order valence-electron chi connectivity index (χ0n) is 9.01. The van der Waals surface area contributed by atoms with E-state index in [0.29, 0.717) is 17.9 Å². The molecular formula is C10H11N3O3. The fraction of sp³-hybridized carbons (Fsp3) is 0.300. The van der Waals surface area contributed by atoms with E-state index in [1.807, 2.05) is 6.92 Å². The molecule has 6 heteroatoms. The minimum atomic E-state index is -0.428. The third-order valence-corrected chi connectivity index (χ3v) is 2.29. The summed E-state index contributed by atoms with van der Waals surface area (Å²) in [6.45, 7) is 2.33. The first-order valence-corrected chi connectivity index (χ1v) is 4.87. The van der Waals surface area contributed by atoms with E-state index in [9.17, 15) is 10.1 Å². The Bertz CT molecular complexity index is 547. The molecule has 0 amide bonds. The predicted octanol–water partition coefficient (Wildman–Crippen LogP) is 1.88. The van der Waals surface area contributed by atoms with Gasteiger partial charge in [-0.05, 0) is 13.0 Å². The molecule has 1 aromatic carbocycles. The molecule has 0 aliphatic rings. The smallest absolute Gasteiger partial charge is 0.270 e. The van der Waals surface area contributed by atoms with Crippen LogP contribution in [0.15, 0.2) is 18.2 Å². The number of fused-ring (bicyclic) bond motifs is 1. The standard InChI is InChI=1S/C10H11N3O3/c1-3-16-10-8-6-7(13(14)15)4-5-9(8)12(2)11-10/h4-6H,3H2,1-2H3. The summed E-state index contributed by atoms with van der Waals surface area (Å²) in [6.07, 6.45) is 0. The van der Waals surface area contributed by atoms with E-state index in [4.69, 9.17) is 4.74 Å². The number of hydrogen-bond acceptors (Lipinski definition) is 4. The van der Waals surface area contributed by atoms with Gasteiger partial charge in [0.15, 0.2) is 0 Å². The lowest BCUT2D eigenvalue weighted by molar-refractivity contribution is -0.384. The maximum Gasteiger partial charge on any atom is 0.270 e. The largest absolute Gasteiger partial charge is 0.476 e. The van der Waals surface area contributed by atoms with Gasteiger partial charge in [-0.2, -0.15) is 0 Å². The first-order chi connectivity index (χ1) is 7.63. The second-order valence-electron chi connectivity index (χ2n) is 3.32. The van der Waals surface area contributed by atoms with Crippen LogP contribution < -0.4 is 4.74 Å². The summed E-state index contributed by atoms with van der Waals surface area (Å²) in [5, 5.41) is 15.5. The number of rotatable bonds is 3. The summed E-state index contributed by atoms with van der Waals surface area (Å²) in [7, 11) is 1.77. The Hall–Kier alpha value is -2.11. The molecule has 0 spiro atoms. The van der Waals surface area contributed by atoms with Crippen molar-refractivity contribution in [1.82, 2.24) is 9.78 Å². The van der Waals surface area contributed by atoms with Crippen LogP contribution in [0.5, 0.6) is 5.88 Å². The average Bonchev–Trinajstić information content (AvgIpc) is 2.56. The van der Waals surface area contributed by atoms with E-state index >= 15 is 0 Å². The van der Waals surface area contributed by atoms with Crippen molar-refractivity contribution in [2.75, 3.05) is 6.61 Å². The molecule has 0 aliphatic carbocycles. The molecule has 84 valence electrons. The first-order valence-electron chi connectivity index (χ1n) is 4.87. The van der Waals surface area contributed by atoms with E-state index in [0.717, 1.165) is 5.52 Å². The third-order valence-electron chi connectivity index (χ3n) is 2.29. The summed E-state index contributed by atoms with van der Waals surface area (Å²) in [4.78, 5) is 10.2. The first kappa shape index (κ1) is 10.4. The monoisotopic (exact) mass is 221 g/mol. The van der Waals surface area contributed by atoms with Crippen LogP contribution in [0.3, 0.4) is 0 Å². The maximum atomic E-state index is 10.7. The van der Waals surface area contributed by atoms with Gasteiger partial charge < -0.3 is 4.74 Å². The highest BCUT2D eigenvalue weighted by molar-refractivity contribution is 5.86. The van der Waals surface area contributed by atoms with Crippen molar-refractivity contribution in [1.29, 1.82) is 0 Å². The number of nitro benzene ring substituents is 1. The van der Waals surface area contributed by atoms with Crippen molar-refractivity contribution in [2.45, 2.75) is 6.92 Å². The number of benzene rings is 1. The van der Waals surface area contributed by atoms with Crippen LogP contribution in [0, 0.1) is 10.1 Å². The van der Waals surface area contributed by atoms with E-state index in [-0.39, 0.29) is 5.69 Å². The lowest BCUT2D eigenvalue weighted by atomic mass is 10.2. The summed E-state index contributed by atoms with van der Waals surface area (Å²) in [5.41, 5.74) is 0.857. The van der Waals surface area contributed by atoms with Gasteiger partial charge in [-0.3, -0.25) is 14.8 Å². The number of hydrogen-bond donors (Lipinski definition) is 0. The van der Waals surface area contributed by atoms with E-state index < -0.39 is 4.92 Å². The molecule has 2 aromatic rings. The molecule has 1 heterocycles. The zero-order valence-corrected chi connectivity index (χ0v) is 9.01. The van der Waals surface area contributed by atoms with Crippen LogP contribution in [0.1, 0.15) is 6.92 Å². The molecule has 0 saturated carbocycles. The molecule has 0 N–H and O–H groups in total. The van der Waals surface area contributed by atoms with Gasteiger partial charge in [-0.25, -0.2) is 0 Å². The lowest BCUT2D eigenvalue weighted by Gasteiger charge is -1.97. The number of nitrogens with zero attached hydrogens (tertiary/aromatic N) is 3. The fourth-order valence-electron chi connectivity index (χ4n) is 1.58. The highest BCUT2D eigenvalue weighted by Crippen LogP contribution is 2.28. The van der Waals surface area contributed by atoms with Crippen molar-refractivity contribution in [3.8, 4) is 5.88 Å². The molecule has 0 fully saturated rings. The lowest BCUT2D eigenvalue weighted by Crippen LogP contribution is -1.94. The van der Waals surface area contributed by atoms with Crippen LogP contribution in [0.2, 0.25) is 0 Å². The SMILES string of the molecule is CCOc1nn(C)c2ccc([N+](=O)[O-])cc12. The number of ether oxygens (including phenoxy) is 1. The summed E-state index contributed by atoms with van der Waals surface area (Å²) in [6, 6.07) is 4.61. The number of aryl methyl sites for hydroxylation is 1. The van der Waals surface area contributed by atoms with Gasteiger partial charge in [0.2, 0.25) is 5.88 Å². The molecule has 6 nitrogen and oxygen atoms in total. The Morgan fingerprint density at radius 2 is 2.31 bits per heavy atom. The molecule has 0 bridgehead atoms. The molecule has 1 aromatic heterocycles. The van der Waals surface area contributed by atoms with Crippen molar-refractivity contribution in [3.63, 3.8) is 0 Å². The minimum absolute atomic E-state index is 0.0430. The van der Waals surface area contributed by atoms with Crippen molar-refractivity contribution in [3.05, 3.63) is 28.3 Å². The van der Waals surface area contributed by atoms with Gasteiger partial charge in [0.25, 0.3) is 5.69 Å². The van der Waals surface area contributed by atoms with Crippen molar-refractivity contribution < 1.29 is 9.66 Å². The number of nitro groups is 1. The molecule has 0 radical (unpaired) electrons. The quantitative estimate of drug-likeness (QED) is 0.586. The summed E-state index contributed by atoms with van der Waals surface area (Å²) in [5.74, 6) is 0.434. The van der Waals surface area contributed by atoms with Gasteiger partial charge in [0.05, 0.1) is 22.4 Å². The van der Waals surface area contributed by atoms with Crippen LogP contribution in [-0.2, 0) is 7.05 Å². The normalized spacial score (nSPS) is 10.6. The van der Waals surface area contributed by atoms with E-state index in [2.05, 4.69) is 5.10 Å². The molecule has 0 atom stereocenters. The summed E-state index contributed by atoms with van der Waals surface area (Å²) < 4.78 is 6.96. The minimum Gasteiger partial charge on any atom is -0.476 e. The molecule has 2 rings (SSSR count). The Balaban J connectivity index is 2.64. The van der Waals surface area contributed by atoms with E-state index in [1.165, 1.54) is 12.1 Å². The second kappa shape index (κ2) is 3.80. The van der Waals surface area contributed by atoms with Crippen molar-refractivity contribution >= 4 is 16.6 Å². The van der Waals surface area contributed by atoms with Crippen LogP contribution in [-0.4, -0.2) is 21.3 Å². The molecular weight excluding hydrogens is 210 g/mol. The Labute approximate surface area is 91.6 Å². The Kier molecular flexibility index (Phi) is 2.47. The van der Waals surface area contributed by atoms with E-state index in [1.54, 1.807) is 17.8 Å². The van der Waals surface area contributed by atoms with Crippen molar-refractivity contribution in [2.24, 2.45) is 7.05 Å². The Morgan fingerprint density at radius 3 is 2.94 bits per heavy atom. The predicted molar refractivity (Wildman–Crippen MR) is 58.5 cm³/mol. The Morgan fingerprint density at radius 1 is 1.56 bits per heavy atom. The number of non-ortho nitro benzene ring substituents is 1. The van der Waals surface area contributed by atoms with Gasteiger partial charge in [0, 0.05) is 19.2 Å². The van der Waals surface area contributed by atoms with Gasteiger partial charge in [-0.1, -0.05) is 0 Å². The average molecular weight is 221 g/mol. The summed E-state index contributed by atoms with van der Waals surface area (Å²) >= 11 is 0. The third kappa shape index (κ3) is 1.58. The van der Waals surface area contributed by atoms with Crippen LogP contribution in [0.25, 0.3) is 10.9 Å². The highest BCUT2D eigenvalue weighted by atomic mass is 16.6. The highest BCUT2D eigenvalue weighted by Gasteiger charge is 2.14. The second-order valence-corrected chi connectivity index (χ2v) is 3.32. The molecule has 0 saturated heterocycles. The topological polar surface area (TPSA) is 70.2 Å². The maximum absolute atomic E-state index is 10.7. The molecule has 16 heavy (non-hydrogen) atoms.